The van der Waals surface area contributed by atoms with E-state index in [0.717, 1.165) is 30.5 Å². The van der Waals surface area contributed by atoms with E-state index in [1.165, 1.54) is 7.11 Å². The summed E-state index contributed by atoms with van der Waals surface area (Å²) in [5.74, 6) is -0.154. The van der Waals surface area contributed by atoms with Crippen molar-refractivity contribution in [3.63, 3.8) is 0 Å². The molecule has 1 saturated heterocycles. The highest BCUT2D eigenvalue weighted by molar-refractivity contribution is 5.81. The molecule has 1 aromatic carbocycles. The summed E-state index contributed by atoms with van der Waals surface area (Å²) < 4.78 is 20.1. The number of aromatic nitrogens is 1. The molecule has 2 aliphatic rings. The van der Waals surface area contributed by atoms with Crippen LogP contribution in [-0.4, -0.2) is 30.1 Å². The van der Waals surface area contributed by atoms with Crippen molar-refractivity contribution in [2.24, 2.45) is 0 Å². The predicted octanol–water partition coefficient (Wildman–Crippen LogP) is 3.04. The molecule has 128 valence electrons. The third-order valence-electron chi connectivity index (χ3n) is 5.51. The molecule has 0 unspecified atom stereocenters. The maximum Gasteiger partial charge on any atom is 0.172 e. The molecule has 2 bridgehead atoms. The van der Waals surface area contributed by atoms with E-state index in [4.69, 9.17) is 10.5 Å². The van der Waals surface area contributed by atoms with Crippen molar-refractivity contribution < 1.29 is 9.13 Å². The van der Waals surface area contributed by atoms with Crippen LogP contribution in [0.25, 0.3) is 11.1 Å². The lowest BCUT2D eigenvalue weighted by Crippen LogP contribution is -2.35. The molecule has 0 radical (unpaired) electrons. The van der Waals surface area contributed by atoms with E-state index in [1.807, 2.05) is 0 Å². The molecule has 2 aliphatic heterocycles. The van der Waals surface area contributed by atoms with Crippen molar-refractivity contribution in [3.8, 4) is 22.9 Å². The van der Waals surface area contributed by atoms with Crippen molar-refractivity contribution in [2.75, 3.05) is 19.9 Å². The van der Waals surface area contributed by atoms with Crippen molar-refractivity contribution in [3.05, 3.63) is 40.8 Å². The molecule has 2 atom stereocenters. The second kappa shape index (κ2) is 5.71. The zero-order valence-corrected chi connectivity index (χ0v) is 14.2. The number of nitrogens with zero attached hydrogens (tertiary/aromatic N) is 3. The van der Waals surface area contributed by atoms with E-state index in [1.54, 1.807) is 18.2 Å². The number of fused-ring (bicyclic) bond motifs is 4. The zero-order valence-electron chi connectivity index (χ0n) is 14.2. The molecule has 1 fully saturated rings. The van der Waals surface area contributed by atoms with Crippen LogP contribution in [0, 0.1) is 17.1 Å². The molecule has 1 aromatic heterocycles. The molecule has 0 amide bonds. The number of rotatable bonds is 2. The van der Waals surface area contributed by atoms with E-state index >= 15 is 4.39 Å². The molecule has 4 rings (SSSR count). The normalized spacial score (nSPS) is 21.7. The Bertz CT molecular complexity index is 905. The number of hydrogen-bond donors (Lipinski definition) is 1. The lowest BCUT2D eigenvalue weighted by molar-refractivity contribution is 0.222. The van der Waals surface area contributed by atoms with Crippen molar-refractivity contribution >= 4 is 5.82 Å². The highest BCUT2D eigenvalue weighted by Gasteiger charge is 2.41. The monoisotopic (exact) mass is 338 g/mol. The van der Waals surface area contributed by atoms with Crippen LogP contribution in [0.1, 0.15) is 35.7 Å². The van der Waals surface area contributed by atoms with E-state index < -0.39 is 5.82 Å². The van der Waals surface area contributed by atoms with Crippen LogP contribution in [-0.2, 0) is 6.42 Å². The van der Waals surface area contributed by atoms with Gasteiger partial charge in [-0.05, 0) is 26.0 Å². The highest BCUT2D eigenvalue weighted by Crippen LogP contribution is 2.48. The van der Waals surface area contributed by atoms with Gasteiger partial charge in [-0.1, -0.05) is 12.1 Å². The molecular weight excluding hydrogens is 319 g/mol. The Kier molecular flexibility index (Phi) is 3.62. The van der Waals surface area contributed by atoms with Crippen LogP contribution in [0.2, 0.25) is 0 Å². The number of methoxy groups -OCH3 is 1. The van der Waals surface area contributed by atoms with Gasteiger partial charge in [0, 0.05) is 40.9 Å². The topological polar surface area (TPSA) is 75.2 Å². The Morgan fingerprint density at radius 1 is 1.40 bits per heavy atom. The van der Waals surface area contributed by atoms with E-state index in [-0.39, 0.29) is 23.2 Å². The molecule has 2 N–H and O–H groups in total. The summed E-state index contributed by atoms with van der Waals surface area (Å²) in [6, 6.07) is 7.67. The SMILES string of the molecule is COc1cccc(-c2c(C#N)c(N)nc3c2[C@H]2CC[C@@H](C3)N2C)c1F. The molecule has 25 heavy (non-hydrogen) atoms. The summed E-state index contributed by atoms with van der Waals surface area (Å²) >= 11 is 0. The van der Waals surface area contributed by atoms with Crippen LogP contribution < -0.4 is 10.5 Å². The second-order valence-corrected chi connectivity index (χ2v) is 6.66. The maximum atomic E-state index is 15.0. The van der Waals surface area contributed by atoms with Gasteiger partial charge in [-0.25, -0.2) is 9.37 Å². The Hall–Kier alpha value is -2.65. The van der Waals surface area contributed by atoms with E-state index in [0.29, 0.717) is 17.2 Å². The Balaban J connectivity index is 2.06. The van der Waals surface area contributed by atoms with Crippen molar-refractivity contribution in [2.45, 2.75) is 31.3 Å². The molecule has 5 nitrogen and oxygen atoms in total. The van der Waals surface area contributed by atoms with Gasteiger partial charge in [0.15, 0.2) is 11.6 Å². The lowest BCUT2D eigenvalue weighted by Gasteiger charge is -2.34. The van der Waals surface area contributed by atoms with Crippen molar-refractivity contribution in [1.29, 1.82) is 5.26 Å². The van der Waals surface area contributed by atoms with Gasteiger partial charge in [0.25, 0.3) is 0 Å². The van der Waals surface area contributed by atoms with Crippen LogP contribution in [0.3, 0.4) is 0 Å². The number of ether oxygens (including phenoxy) is 1. The average Bonchev–Trinajstić information content (AvgIpc) is 2.84. The number of halogens is 1. The van der Waals surface area contributed by atoms with Gasteiger partial charge in [-0.15, -0.1) is 0 Å². The lowest BCUT2D eigenvalue weighted by atomic mass is 9.87. The number of anilines is 1. The second-order valence-electron chi connectivity index (χ2n) is 6.66. The first-order valence-corrected chi connectivity index (χ1v) is 8.34. The first-order chi connectivity index (χ1) is 12.1. The van der Waals surface area contributed by atoms with E-state index in [2.05, 4.69) is 23.0 Å². The fraction of sp³-hybridized carbons (Fsp3) is 0.368. The van der Waals surface area contributed by atoms with Crippen LogP contribution in [0.15, 0.2) is 18.2 Å². The average molecular weight is 338 g/mol. The molecule has 0 saturated carbocycles. The molecule has 0 aliphatic carbocycles. The van der Waals surface area contributed by atoms with Crippen LogP contribution >= 0.6 is 0 Å². The minimum absolute atomic E-state index is 0.134. The van der Waals surface area contributed by atoms with Gasteiger partial charge < -0.3 is 10.5 Å². The minimum Gasteiger partial charge on any atom is -0.494 e. The summed E-state index contributed by atoms with van der Waals surface area (Å²) in [5.41, 5.74) is 9.04. The van der Waals surface area contributed by atoms with Gasteiger partial charge in [0.2, 0.25) is 0 Å². The van der Waals surface area contributed by atoms with Gasteiger partial charge in [-0.2, -0.15) is 5.26 Å². The maximum absolute atomic E-state index is 15.0. The number of hydrogen-bond acceptors (Lipinski definition) is 5. The summed E-state index contributed by atoms with van der Waals surface area (Å²) in [6.07, 6.45) is 2.82. The standard InChI is InChI=1S/C19H19FN4O/c1-24-10-6-7-14(24)17-13(8-10)23-19(22)12(9-21)16(17)11-4-3-5-15(25-2)18(11)20/h3-5,10,14H,6-8H2,1-2H3,(H2,22,23)/t10-,14+/m0/s1. The molecule has 0 spiro atoms. The quantitative estimate of drug-likeness (QED) is 0.911. The molecule has 6 heteroatoms. The molecule has 3 heterocycles. The van der Waals surface area contributed by atoms with Crippen LogP contribution in [0.4, 0.5) is 10.2 Å². The first kappa shape index (κ1) is 15.9. The fourth-order valence-corrected chi connectivity index (χ4v) is 4.27. The summed E-state index contributed by atoms with van der Waals surface area (Å²) in [6.45, 7) is 0. The van der Waals surface area contributed by atoms with Gasteiger partial charge >= 0.3 is 0 Å². The third-order valence-corrected chi connectivity index (χ3v) is 5.51. The number of nitriles is 1. The third kappa shape index (κ3) is 2.19. The van der Waals surface area contributed by atoms with Gasteiger partial charge in [-0.3, -0.25) is 4.90 Å². The largest absolute Gasteiger partial charge is 0.494 e. The first-order valence-electron chi connectivity index (χ1n) is 8.34. The zero-order chi connectivity index (χ0) is 17.7. The van der Waals surface area contributed by atoms with Crippen LogP contribution in [0.5, 0.6) is 5.75 Å². The minimum atomic E-state index is -0.475. The fourth-order valence-electron chi connectivity index (χ4n) is 4.27. The summed E-state index contributed by atoms with van der Waals surface area (Å²) in [5, 5.41) is 9.68. The highest BCUT2D eigenvalue weighted by atomic mass is 19.1. The smallest absolute Gasteiger partial charge is 0.172 e. The van der Waals surface area contributed by atoms with E-state index in [9.17, 15) is 5.26 Å². The number of nitrogens with two attached hydrogens (primary N) is 1. The Labute approximate surface area is 145 Å². The summed E-state index contributed by atoms with van der Waals surface area (Å²) in [4.78, 5) is 6.80. The number of benzene rings is 1. The predicted molar refractivity (Wildman–Crippen MR) is 92.5 cm³/mol. The summed E-state index contributed by atoms with van der Waals surface area (Å²) in [7, 11) is 3.51. The number of pyridine rings is 1. The van der Waals surface area contributed by atoms with Crippen molar-refractivity contribution in [1.82, 2.24) is 9.88 Å². The van der Waals surface area contributed by atoms with Gasteiger partial charge in [0.05, 0.1) is 7.11 Å². The molecular formula is C19H19FN4O. The molecule has 2 aromatic rings. The Morgan fingerprint density at radius 2 is 2.20 bits per heavy atom. The Morgan fingerprint density at radius 3 is 2.92 bits per heavy atom. The number of nitrogen functional groups attached to an aromatic ring is 1. The van der Waals surface area contributed by atoms with Gasteiger partial charge in [0.1, 0.15) is 17.5 Å². The number of likely N-dealkylation sites (N-methyl/N-ethyl adjacent to an activating group) is 1.